The quantitative estimate of drug-likeness (QED) is 0.314. The fraction of sp³-hybridized carbons (Fsp3) is 0.130. The molecule has 0 saturated heterocycles. The van der Waals surface area contributed by atoms with Crippen LogP contribution in [-0.4, -0.2) is 27.1 Å². The molecule has 1 amide bonds. The number of nitrogens with one attached hydrogen (secondary N) is 1. The number of aromatic nitrogens is 3. The van der Waals surface area contributed by atoms with E-state index in [1.54, 1.807) is 13.1 Å². The number of fused-ring (bicyclic) bond motifs is 1. The molecule has 8 heteroatoms. The van der Waals surface area contributed by atoms with Crippen molar-refractivity contribution in [2.75, 3.05) is 0 Å². The Hall–Kier alpha value is -3.52. The number of benzene rings is 3. The number of ether oxygens (including phenoxy) is 1. The van der Waals surface area contributed by atoms with Gasteiger partial charge in [-0.2, -0.15) is 20.1 Å². The molecular weight excluding hydrogens is 458 g/mol. The maximum atomic E-state index is 12.5. The van der Waals surface area contributed by atoms with Gasteiger partial charge in [-0.15, -0.1) is 0 Å². The molecule has 156 valence electrons. The maximum absolute atomic E-state index is 12.5. The van der Waals surface area contributed by atoms with E-state index >= 15 is 0 Å². The minimum atomic E-state index is -0.603. The lowest BCUT2D eigenvalue weighted by molar-refractivity contribution is -0.124. The summed E-state index contributed by atoms with van der Waals surface area (Å²) >= 11 is 3.42. The van der Waals surface area contributed by atoms with E-state index < -0.39 is 6.04 Å². The molecule has 3 aromatic carbocycles. The second kappa shape index (κ2) is 9.53. The molecule has 1 aromatic heterocycles. The van der Waals surface area contributed by atoms with E-state index in [4.69, 9.17) is 4.74 Å². The van der Waals surface area contributed by atoms with Crippen molar-refractivity contribution in [1.29, 1.82) is 0 Å². The fourth-order valence-corrected chi connectivity index (χ4v) is 3.14. The lowest BCUT2D eigenvalue weighted by Crippen LogP contribution is -2.28. The topological polar surface area (TPSA) is 81.4 Å². The van der Waals surface area contributed by atoms with Crippen LogP contribution in [0, 0.1) is 0 Å². The van der Waals surface area contributed by atoms with Gasteiger partial charge in [0.15, 0.2) is 0 Å². The summed E-state index contributed by atoms with van der Waals surface area (Å²) in [6.45, 7) is 2.15. The van der Waals surface area contributed by atoms with Crippen molar-refractivity contribution in [1.82, 2.24) is 20.4 Å². The molecule has 31 heavy (non-hydrogen) atoms. The van der Waals surface area contributed by atoms with Crippen LogP contribution in [0.25, 0.3) is 11.0 Å². The van der Waals surface area contributed by atoms with E-state index in [0.29, 0.717) is 12.4 Å². The van der Waals surface area contributed by atoms with Crippen LogP contribution in [0.5, 0.6) is 5.75 Å². The first-order valence-corrected chi connectivity index (χ1v) is 10.5. The summed E-state index contributed by atoms with van der Waals surface area (Å²) in [6, 6.07) is 22.3. The van der Waals surface area contributed by atoms with E-state index in [1.165, 1.54) is 4.80 Å². The summed E-state index contributed by atoms with van der Waals surface area (Å²) in [4.78, 5) is 13.9. The molecule has 4 rings (SSSR count). The van der Waals surface area contributed by atoms with Gasteiger partial charge in [0.25, 0.3) is 5.91 Å². The third-order valence-electron chi connectivity index (χ3n) is 4.63. The molecule has 1 unspecified atom stereocenters. The van der Waals surface area contributed by atoms with Gasteiger partial charge in [-0.05, 0) is 48.9 Å². The summed E-state index contributed by atoms with van der Waals surface area (Å²) in [5, 5.41) is 12.8. The number of halogens is 1. The Bertz CT molecular complexity index is 1190. The normalized spacial score (nSPS) is 12.2. The smallest absolute Gasteiger partial charge is 0.266 e. The highest BCUT2D eigenvalue weighted by atomic mass is 79.9. The first-order chi connectivity index (χ1) is 15.1. The molecule has 0 aliphatic rings. The molecular formula is C23H20BrN5O2. The molecule has 0 saturated carbocycles. The zero-order valence-corrected chi connectivity index (χ0v) is 18.4. The van der Waals surface area contributed by atoms with Crippen molar-refractivity contribution in [2.24, 2.45) is 5.10 Å². The number of nitrogens with zero attached hydrogens (tertiary/aromatic N) is 4. The monoisotopic (exact) mass is 477 g/mol. The number of hydrazone groups is 1. The van der Waals surface area contributed by atoms with Gasteiger partial charge in [0, 0.05) is 10.0 Å². The van der Waals surface area contributed by atoms with Gasteiger partial charge < -0.3 is 4.74 Å². The lowest BCUT2D eigenvalue weighted by Gasteiger charge is -2.10. The van der Waals surface area contributed by atoms with Gasteiger partial charge in [0.05, 0.1) is 6.21 Å². The molecule has 0 bridgehead atoms. The molecule has 1 heterocycles. The second-order valence-corrected chi connectivity index (χ2v) is 7.79. The highest BCUT2D eigenvalue weighted by Gasteiger charge is 2.17. The largest absolute Gasteiger partial charge is 0.488 e. The van der Waals surface area contributed by atoms with E-state index in [0.717, 1.165) is 26.6 Å². The Balaban J connectivity index is 1.39. The summed E-state index contributed by atoms with van der Waals surface area (Å²) < 4.78 is 6.95. The summed E-state index contributed by atoms with van der Waals surface area (Å²) in [7, 11) is 0. The van der Waals surface area contributed by atoms with E-state index in [2.05, 4.69) is 36.7 Å². The van der Waals surface area contributed by atoms with Crippen LogP contribution in [0.3, 0.4) is 0 Å². The SMILES string of the molecule is CC(C(=O)NN=Cc1ccccc1OCc1ccc(Br)cc1)n1nc2ccccc2n1. The average molecular weight is 478 g/mol. The first-order valence-electron chi connectivity index (χ1n) is 9.71. The van der Waals surface area contributed by atoms with Crippen molar-refractivity contribution in [3.05, 3.63) is 88.4 Å². The van der Waals surface area contributed by atoms with Crippen LogP contribution in [0.15, 0.2) is 82.4 Å². The summed E-state index contributed by atoms with van der Waals surface area (Å²) in [5.41, 5.74) is 5.84. The first kappa shape index (κ1) is 20.7. The number of carbonyl (C=O) groups is 1. The number of para-hydroxylation sites is 1. The third kappa shape index (κ3) is 5.16. The molecule has 0 radical (unpaired) electrons. The van der Waals surface area contributed by atoms with Crippen molar-refractivity contribution in [2.45, 2.75) is 19.6 Å². The molecule has 7 nitrogen and oxygen atoms in total. The van der Waals surface area contributed by atoms with Crippen LogP contribution in [0.4, 0.5) is 0 Å². The predicted molar refractivity (Wildman–Crippen MR) is 123 cm³/mol. The average Bonchev–Trinajstić information content (AvgIpc) is 3.23. The zero-order valence-electron chi connectivity index (χ0n) is 16.8. The number of amides is 1. The van der Waals surface area contributed by atoms with Crippen LogP contribution in [-0.2, 0) is 11.4 Å². The Morgan fingerprint density at radius 1 is 1.06 bits per heavy atom. The van der Waals surface area contributed by atoms with E-state index in [1.807, 2.05) is 72.8 Å². The van der Waals surface area contributed by atoms with Crippen molar-refractivity contribution >= 4 is 39.1 Å². The standard InChI is InChI=1S/C23H20BrN5O2/c1-16(29-27-20-7-3-4-8-21(20)28-29)23(30)26-25-14-18-6-2-5-9-22(18)31-15-17-10-12-19(24)13-11-17/h2-14,16H,15H2,1H3,(H,26,30). The number of hydrogen-bond donors (Lipinski definition) is 1. The molecule has 0 aliphatic heterocycles. The maximum Gasteiger partial charge on any atom is 0.266 e. The Labute approximate surface area is 187 Å². The van der Waals surface area contributed by atoms with E-state index in [-0.39, 0.29) is 5.91 Å². The molecule has 0 fully saturated rings. The highest BCUT2D eigenvalue weighted by molar-refractivity contribution is 9.10. The highest BCUT2D eigenvalue weighted by Crippen LogP contribution is 2.19. The second-order valence-electron chi connectivity index (χ2n) is 6.87. The Morgan fingerprint density at radius 2 is 1.71 bits per heavy atom. The van der Waals surface area contributed by atoms with Gasteiger partial charge in [-0.3, -0.25) is 4.79 Å². The van der Waals surface area contributed by atoms with Crippen LogP contribution in [0.2, 0.25) is 0 Å². The molecule has 0 spiro atoms. The van der Waals surface area contributed by atoms with Gasteiger partial charge in [0.1, 0.15) is 29.4 Å². The van der Waals surface area contributed by atoms with Crippen LogP contribution < -0.4 is 10.2 Å². The van der Waals surface area contributed by atoms with E-state index in [9.17, 15) is 4.79 Å². The third-order valence-corrected chi connectivity index (χ3v) is 5.16. The molecule has 1 N–H and O–H groups in total. The van der Waals surface area contributed by atoms with Gasteiger partial charge in [-0.25, -0.2) is 5.43 Å². The van der Waals surface area contributed by atoms with Gasteiger partial charge in [-0.1, -0.05) is 52.3 Å². The summed E-state index contributed by atoms with van der Waals surface area (Å²) in [6.07, 6.45) is 1.56. The van der Waals surface area contributed by atoms with Crippen LogP contribution in [0.1, 0.15) is 24.1 Å². The van der Waals surface area contributed by atoms with Crippen molar-refractivity contribution < 1.29 is 9.53 Å². The van der Waals surface area contributed by atoms with Gasteiger partial charge in [0.2, 0.25) is 0 Å². The summed E-state index contributed by atoms with van der Waals surface area (Å²) in [5.74, 6) is 0.362. The van der Waals surface area contributed by atoms with Crippen molar-refractivity contribution in [3.63, 3.8) is 0 Å². The zero-order chi connectivity index (χ0) is 21.6. The number of carbonyl (C=O) groups excluding carboxylic acids is 1. The minimum absolute atomic E-state index is 0.315. The fourth-order valence-electron chi connectivity index (χ4n) is 2.87. The number of hydrogen-bond acceptors (Lipinski definition) is 5. The molecule has 0 aliphatic carbocycles. The minimum Gasteiger partial charge on any atom is -0.488 e. The van der Waals surface area contributed by atoms with Crippen molar-refractivity contribution in [3.8, 4) is 5.75 Å². The lowest BCUT2D eigenvalue weighted by atomic mass is 10.2. The Morgan fingerprint density at radius 3 is 2.42 bits per heavy atom. The number of rotatable bonds is 7. The van der Waals surface area contributed by atoms with Gasteiger partial charge >= 0.3 is 0 Å². The molecule has 4 aromatic rings. The predicted octanol–water partition coefficient (Wildman–Crippen LogP) is 4.48. The molecule has 1 atom stereocenters. The Kier molecular flexibility index (Phi) is 6.37. The van der Waals surface area contributed by atoms with Crippen LogP contribution >= 0.6 is 15.9 Å².